The van der Waals surface area contributed by atoms with Gasteiger partial charge in [-0.3, -0.25) is 9.59 Å². The standard InChI is InChI=1S/C16H13ClN2O2/c1-10(20)11-6-7-14(12(17)8-11)19-9-16(21)18-13-4-2-3-5-15(13)19/h2-8H,9H2,1H3,(H,18,21). The minimum atomic E-state index is -0.0968. The monoisotopic (exact) mass is 300 g/mol. The van der Waals surface area contributed by atoms with Gasteiger partial charge in [0.1, 0.15) is 6.54 Å². The molecule has 1 aliphatic rings. The molecule has 3 rings (SSSR count). The van der Waals surface area contributed by atoms with Gasteiger partial charge >= 0.3 is 0 Å². The fourth-order valence-corrected chi connectivity index (χ4v) is 2.68. The van der Waals surface area contributed by atoms with Crippen LogP contribution in [0.2, 0.25) is 5.02 Å². The van der Waals surface area contributed by atoms with Crippen LogP contribution in [0.15, 0.2) is 42.5 Å². The highest BCUT2D eigenvalue weighted by Crippen LogP contribution is 2.38. The predicted octanol–water partition coefficient (Wildman–Crippen LogP) is 3.63. The molecule has 0 fully saturated rings. The predicted molar refractivity (Wildman–Crippen MR) is 83.5 cm³/mol. The lowest BCUT2D eigenvalue weighted by atomic mass is 10.1. The fourth-order valence-electron chi connectivity index (χ4n) is 2.39. The summed E-state index contributed by atoms with van der Waals surface area (Å²) in [6.45, 7) is 1.69. The molecular weight excluding hydrogens is 288 g/mol. The van der Waals surface area contributed by atoms with Crippen LogP contribution in [0, 0.1) is 0 Å². The molecule has 0 bridgehead atoms. The molecule has 1 amide bonds. The average molecular weight is 301 g/mol. The SMILES string of the molecule is CC(=O)c1ccc(N2CC(=O)Nc3ccccc32)c(Cl)c1. The van der Waals surface area contributed by atoms with Gasteiger partial charge in [-0.25, -0.2) is 0 Å². The topological polar surface area (TPSA) is 49.4 Å². The molecule has 0 aliphatic carbocycles. The summed E-state index contributed by atoms with van der Waals surface area (Å²) < 4.78 is 0. The Morgan fingerprint density at radius 3 is 2.67 bits per heavy atom. The summed E-state index contributed by atoms with van der Waals surface area (Å²) in [4.78, 5) is 25.1. The maximum atomic E-state index is 11.8. The van der Waals surface area contributed by atoms with Crippen molar-refractivity contribution in [2.24, 2.45) is 0 Å². The molecular formula is C16H13ClN2O2. The Kier molecular flexibility index (Phi) is 3.39. The average Bonchev–Trinajstić information content (AvgIpc) is 2.46. The van der Waals surface area contributed by atoms with Crippen LogP contribution in [0.1, 0.15) is 17.3 Å². The summed E-state index contributed by atoms with van der Waals surface area (Å²) in [6, 6.07) is 12.7. The molecule has 1 aliphatic heterocycles. The van der Waals surface area contributed by atoms with E-state index in [-0.39, 0.29) is 18.2 Å². The zero-order valence-corrected chi connectivity index (χ0v) is 12.1. The van der Waals surface area contributed by atoms with Crippen LogP contribution in [0.25, 0.3) is 0 Å². The zero-order chi connectivity index (χ0) is 15.0. The number of carbonyl (C=O) groups excluding carboxylic acids is 2. The summed E-state index contributed by atoms with van der Waals surface area (Å²) in [6.07, 6.45) is 0. The zero-order valence-electron chi connectivity index (χ0n) is 11.4. The Balaban J connectivity index is 2.09. The van der Waals surface area contributed by atoms with Gasteiger partial charge in [-0.1, -0.05) is 23.7 Å². The smallest absolute Gasteiger partial charge is 0.244 e. The van der Waals surface area contributed by atoms with E-state index in [0.29, 0.717) is 16.3 Å². The molecule has 0 aromatic heterocycles. The number of carbonyl (C=O) groups is 2. The third-order valence-corrected chi connectivity index (χ3v) is 3.72. The van der Waals surface area contributed by atoms with Gasteiger partial charge < -0.3 is 10.2 Å². The van der Waals surface area contributed by atoms with Crippen LogP contribution in [-0.4, -0.2) is 18.2 Å². The van der Waals surface area contributed by atoms with E-state index < -0.39 is 0 Å². The fraction of sp³-hybridized carbons (Fsp3) is 0.125. The van der Waals surface area contributed by atoms with E-state index >= 15 is 0 Å². The van der Waals surface area contributed by atoms with Crippen molar-refractivity contribution in [1.82, 2.24) is 0 Å². The Hall–Kier alpha value is -2.33. The lowest BCUT2D eigenvalue weighted by Crippen LogP contribution is -2.35. The first-order chi connectivity index (χ1) is 10.1. The van der Waals surface area contributed by atoms with E-state index in [1.54, 1.807) is 18.2 Å². The van der Waals surface area contributed by atoms with Crippen LogP contribution in [0.5, 0.6) is 0 Å². The van der Waals surface area contributed by atoms with Crippen molar-refractivity contribution in [2.75, 3.05) is 16.8 Å². The van der Waals surface area contributed by atoms with Gasteiger partial charge in [-0.05, 0) is 37.3 Å². The molecule has 0 spiro atoms. The summed E-state index contributed by atoms with van der Waals surface area (Å²) >= 11 is 6.30. The molecule has 0 atom stereocenters. The van der Waals surface area contributed by atoms with Crippen molar-refractivity contribution in [3.63, 3.8) is 0 Å². The molecule has 0 saturated heterocycles. The number of hydrogen-bond donors (Lipinski definition) is 1. The minimum absolute atomic E-state index is 0.0414. The highest BCUT2D eigenvalue weighted by Gasteiger charge is 2.24. The van der Waals surface area contributed by atoms with E-state index in [0.717, 1.165) is 11.4 Å². The minimum Gasteiger partial charge on any atom is -0.329 e. The molecule has 106 valence electrons. The quantitative estimate of drug-likeness (QED) is 0.862. The number of fused-ring (bicyclic) bond motifs is 1. The van der Waals surface area contributed by atoms with Crippen molar-refractivity contribution in [2.45, 2.75) is 6.92 Å². The lowest BCUT2D eigenvalue weighted by Gasteiger charge is -2.31. The number of halogens is 1. The number of nitrogens with one attached hydrogen (secondary N) is 1. The number of benzene rings is 2. The van der Waals surface area contributed by atoms with Gasteiger partial charge in [0.2, 0.25) is 5.91 Å². The number of hydrogen-bond acceptors (Lipinski definition) is 3. The number of amides is 1. The number of rotatable bonds is 2. The van der Waals surface area contributed by atoms with Crippen LogP contribution in [-0.2, 0) is 4.79 Å². The molecule has 2 aromatic rings. The number of anilines is 3. The summed E-state index contributed by atoms with van der Waals surface area (Å²) in [5, 5.41) is 3.28. The molecule has 21 heavy (non-hydrogen) atoms. The number of Topliss-reactive ketones (excluding diaryl/α,β-unsaturated/α-hetero) is 1. The molecule has 4 nitrogen and oxygen atoms in total. The van der Waals surface area contributed by atoms with Crippen molar-refractivity contribution in [3.05, 3.63) is 53.1 Å². The van der Waals surface area contributed by atoms with Gasteiger partial charge in [-0.15, -0.1) is 0 Å². The molecule has 2 aromatic carbocycles. The van der Waals surface area contributed by atoms with E-state index in [1.165, 1.54) is 6.92 Å². The summed E-state index contributed by atoms with van der Waals surface area (Å²) in [7, 11) is 0. The Morgan fingerprint density at radius 2 is 1.95 bits per heavy atom. The van der Waals surface area contributed by atoms with Crippen LogP contribution < -0.4 is 10.2 Å². The number of nitrogens with zero attached hydrogens (tertiary/aromatic N) is 1. The van der Waals surface area contributed by atoms with Gasteiger partial charge in [0.05, 0.1) is 22.1 Å². The second-order valence-corrected chi connectivity index (χ2v) is 5.28. The Morgan fingerprint density at radius 1 is 1.19 bits per heavy atom. The maximum Gasteiger partial charge on any atom is 0.244 e. The van der Waals surface area contributed by atoms with Crippen molar-refractivity contribution in [3.8, 4) is 0 Å². The molecule has 0 unspecified atom stereocenters. The first kappa shape index (κ1) is 13.6. The van der Waals surface area contributed by atoms with Gasteiger partial charge in [-0.2, -0.15) is 0 Å². The van der Waals surface area contributed by atoms with Crippen LogP contribution in [0.4, 0.5) is 17.1 Å². The second-order valence-electron chi connectivity index (χ2n) is 4.87. The Labute approximate surface area is 127 Å². The molecule has 1 heterocycles. The second kappa shape index (κ2) is 5.22. The summed E-state index contributed by atoms with van der Waals surface area (Å²) in [5.74, 6) is -0.138. The third-order valence-electron chi connectivity index (χ3n) is 3.42. The van der Waals surface area contributed by atoms with Gasteiger partial charge in [0, 0.05) is 5.56 Å². The largest absolute Gasteiger partial charge is 0.329 e. The molecule has 0 radical (unpaired) electrons. The van der Waals surface area contributed by atoms with Gasteiger partial charge in [0.15, 0.2) is 5.78 Å². The highest BCUT2D eigenvalue weighted by molar-refractivity contribution is 6.34. The first-order valence-electron chi connectivity index (χ1n) is 6.53. The van der Waals surface area contributed by atoms with Crippen molar-refractivity contribution in [1.29, 1.82) is 0 Å². The first-order valence-corrected chi connectivity index (χ1v) is 6.91. The number of para-hydroxylation sites is 2. The molecule has 5 heteroatoms. The molecule has 0 saturated carbocycles. The van der Waals surface area contributed by atoms with E-state index in [4.69, 9.17) is 11.6 Å². The molecule has 1 N–H and O–H groups in total. The van der Waals surface area contributed by atoms with Gasteiger partial charge in [0.25, 0.3) is 0 Å². The van der Waals surface area contributed by atoms with Crippen LogP contribution in [0.3, 0.4) is 0 Å². The van der Waals surface area contributed by atoms with E-state index in [1.807, 2.05) is 29.2 Å². The number of ketones is 1. The highest BCUT2D eigenvalue weighted by atomic mass is 35.5. The van der Waals surface area contributed by atoms with Crippen LogP contribution >= 0.6 is 11.6 Å². The third kappa shape index (κ3) is 2.50. The maximum absolute atomic E-state index is 11.8. The normalized spacial score (nSPS) is 13.6. The summed E-state index contributed by atoms with van der Waals surface area (Å²) in [5.41, 5.74) is 2.90. The lowest BCUT2D eigenvalue weighted by molar-refractivity contribution is -0.115. The van der Waals surface area contributed by atoms with E-state index in [2.05, 4.69) is 5.32 Å². The Bertz CT molecular complexity index is 743. The van der Waals surface area contributed by atoms with Crippen molar-refractivity contribution >= 4 is 40.4 Å². The van der Waals surface area contributed by atoms with E-state index in [9.17, 15) is 9.59 Å². The van der Waals surface area contributed by atoms with Crippen molar-refractivity contribution < 1.29 is 9.59 Å².